The highest BCUT2D eigenvalue weighted by Crippen LogP contribution is 2.29. The summed E-state index contributed by atoms with van der Waals surface area (Å²) in [6, 6.07) is 3.53. The first kappa shape index (κ1) is 18.2. The molecular weight excluding hydrogens is 341 g/mol. The summed E-state index contributed by atoms with van der Waals surface area (Å²) < 4.78 is 14.2. The number of urea groups is 1. The fourth-order valence-electron chi connectivity index (χ4n) is 3.58. The Balaban J connectivity index is 1.86. The van der Waals surface area contributed by atoms with Crippen molar-refractivity contribution in [1.82, 2.24) is 10.6 Å². The fraction of sp³-hybridized carbons (Fsp3) is 0.500. The van der Waals surface area contributed by atoms with Crippen molar-refractivity contribution in [1.29, 1.82) is 0 Å². The molecule has 0 radical (unpaired) electrons. The van der Waals surface area contributed by atoms with Crippen molar-refractivity contribution in [3.63, 3.8) is 0 Å². The molecule has 2 aliphatic rings. The number of hydrogen-bond acceptors (Lipinski definition) is 3. The molecule has 0 aromatic heterocycles. The molecular formula is C18H22FN3O4. The third-order valence-electron chi connectivity index (χ3n) is 5.08. The number of anilines is 1. The Hall–Kier alpha value is -2.64. The number of benzene rings is 1. The lowest BCUT2D eigenvalue weighted by molar-refractivity contribution is -0.145. The van der Waals surface area contributed by atoms with E-state index >= 15 is 0 Å². The van der Waals surface area contributed by atoms with E-state index in [1.54, 1.807) is 0 Å². The third kappa shape index (κ3) is 3.49. The molecule has 1 heterocycles. The van der Waals surface area contributed by atoms with E-state index in [9.17, 15) is 23.9 Å². The van der Waals surface area contributed by atoms with Gasteiger partial charge in [-0.05, 0) is 31.0 Å². The highest BCUT2D eigenvalue weighted by molar-refractivity contribution is 6.00. The van der Waals surface area contributed by atoms with Crippen LogP contribution in [-0.4, -0.2) is 41.6 Å². The van der Waals surface area contributed by atoms with Gasteiger partial charge in [0, 0.05) is 18.8 Å². The number of rotatable bonds is 4. The SMILES string of the molecule is O=C(NC1(C(=O)O)CCCCCC1)c1cc(N2CCNC2=O)ccc1F. The van der Waals surface area contributed by atoms with Gasteiger partial charge in [0.1, 0.15) is 11.4 Å². The van der Waals surface area contributed by atoms with Gasteiger partial charge in [0.15, 0.2) is 0 Å². The van der Waals surface area contributed by atoms with Crippen molar-refractivity contribution in [3.8, 4) is 0 Å². The van der Waals surface area contributed by atoms with Crippen LogP contribution in [0.4, 0.5) is 14.9 Å². The predicted octanol–water partition coefficient (Wildman–Crippen LogP) is 2.26. The quantitative estimate of drug-likeness (QED) is 0.715. The second-order valence-electron chi connectivity index (χ2n) is 6.80. The number of carboxylic acids is 1. The molecule has 3 rings (SSSR count). The minimum Gasteiger partial charge on any atom is -0.480 e. The summed E-state index contributed by atoms with van der Waals surface area (Å²) in [5.74, 6) is -2.61. The summed E-state index contributed by atoms with van der Waals surface area (Å²) in [6.07, 6.45) is 3.87. The number of amides is 3. The number of carbonyl (C=O) groups is 3. The predicted molar refractivity (Wildman–Crippen MR) is 92.7 cm³/mol. The molecule has 0 atom stereocenters. The molecule has 1 aliphatic carbocycles. The van der Waals surface area contributed by atoms with Crippen LogP contribution in [-0.2, 0) is 4.79 Å². The Morgan fingerprint density at radius 2 is 1.88 bits per heavy atom. The van der Waals surface area contributed by atoms with Gasteiger partial charge in [0.25, 0.3) is 5.91 Å². The normalized spacial score (nSPS) is 19.6. The molecule has 1 saturated heterocycles. The molecule has 1 aromatic carbocycles. The lowest BCUT2D eigenvalue weighted by atomic mass is 9.89. The minimum absolute atomic E-state index is 0.257. The number of aliphatic carboxylic acids is 1. The highest BCUT2D eigenvalue weighted by atomic mass is 19.1. The summed E-state index contributed by atoms with van der Waals surface area (Å²) in [4.78, 5) is 37.7. The zero-order valence-corrected chi connectivity index (χ0v) is 14.4. The second kappa shape index (κ2) is 7.31. The monoisotopic (exact) mass is 363 g/mol. The van der Waals surface area contributed by atoms with Crippen molar-refractivity contribution >= 4 is 23.6 Å². The van der Waals surface area contributed by atoms with Crippen LogP contribution in [0, 0.1) is 5.82 Å². The van der Waals surface area contributed by atoms with Crippen LogP contribution in [0.1, 0.15) is 48.9 Å². The number of nitrogens with one attached hydrogen (secondary N) is 2. The number of hydrogen-bond donors (Lipinski definition) is 3. The standard InChI is InChI=1S/C18H22FN3O4/c19-14-6-5-12(22-10-9-20-17(22)26)11-13(14)15(23)21-18(16(24)25)7-3-1-2-4-8-18/h5-6,11H,1-4,7-10H2,(H,20,26)(H,21,23)(H,24,25). The number of nitrogens with zero attached hydrogens (tertiary/aromatic N) is 1. The van der Waals surface area contributed by atoms with Crippen molar-refractivity contribution in [3.05, 3.63) is 29.6 Å². The molecule has 140 valence electrons. The lowest BCUT2D eigenvalue weighted by Crippen LogP contribution is -2.54. The van der Waals surface area contributed by atoms with E-state index in [-0.39, 0.29) is 11.6 Å². The van der Waals surface area contributed by atoms with Gasteiger partial charge in [-0.2, -0.15) is 0 Å². The van der Waals surface area contributed by atoms with Gasteiger partial charge < -0.3 is 15.7 Å². The first-order chi connectivity index (χ1) is 12.4. The molecule has 1 aliphatic heterocycles. The first-order valence-corrected chi connectivity index (χ1v) is 8.84. The molecule has 0 bridgehead atoms. The summed E-state index contributed by atoms with van der Waals surface area (Å²) in [7, 11) is 0. The van der Waals surface area contributed by atoms with Crippen molar-refractivity contribution in [2.45, 2.75) is 44.1 Å². The Morgan fingerprint density at radius 3 is 2.46 bits per heavy atom. The maximum Gasteiger partial charge on any atom is 0.329 e. The van der Waals surface area contributed by atoms with Gasteiger partial charge in [-0.15, -0.1) is 0 Å². The Labute approximate surface area is 150 Å². The summed E-state index contributed by atoms with van der Waals surface area (Å²) in [6.45, 7) is 0.893. The maximum atomic E-state index is 14.2. The average Bonchev–Trinajstić information content (AvgIpc) is 2.89. The zero-order valence-electron chi connectivity index (χ0n) is 14.4. The van der Waals surface area contributed by atoms with Crippen LogP contribution in [0.2, 0.25) is 0 Å². The topological polar surface area (TPSA) is 98.7 Å². The average molecular weight is 363 g/mol. The van der Waals surface area contributed by atoms with Crippen LogP contribution < -0.4 is 15.5 Å². The molecule has 2 fully saturated rings. The molecule has 3 amide bonds. The third-order valence-corrected chi connectivity index (χ3v) is 5.08. The molecule has 0 unspecified atom stereocenters. The van der Waals surface area contributed by atoms with E-state index in [1.807, 2.05) is 0 Å². The van der Waals surface area contributed by atoms with Crippen LogP contribution in [0.5, 0.6) is 0 Å². The van der Waals surface area contributed by atoms with Gasteiger partial charge in [-0.1, -0.05) is 25.7 Å². The maximum absolute atomic E-state index is 14.2. The highest BCUT2D eigenvalue weighted by Gasteiger charge is 2.40. The summed E-state index contributed by atoms with van der Waals surface area (Å²) in [5.41, 5.74) is -1.23. The van der Waals surface area contributed by atoms with Gasteiger partial charge in [-0.3, -0.25) is 9.69 Å². The van der Waals surface area contributed by atoms with Gasteiger partial charge in [0.05, 0.1) is 5.56 Å². The molecule has 0 spiro atoms. The van der Waals surface area contributed by atoms with E-state index in [4.69, 9.17) is 0 Å². The van der Waals surface area contributed by atoms with E-state index in [2.05, 4.69) is 10.6 Å². The number of carboxylic acid groups (broad SMARTS) is 1. The fourth-order valence-corrected chi connectivity index (χ4v) is 3.58. The molecule has 8 heteroatoms. The molecule has 7 nitrogen and oxygen atoms in total. The summed E-state index contributed by atoms with van der Waals surface area (Å²) in [5, 5.41) is 14.9. The Morgan fingerprint density at radius 1 is 1.19 bits per heavy atom. The molecule has 1 saturated carbocycles. The van der Waals surface area contributed by atoms with Gasteiger partial charge in [0.2, 0.25) is 0 Å². The van der Waals surface area contributed by atoms with Crippen LogP contribution in [0.25, 0.3) is 0 Å². The molecule has 1 aromatic rings. The second-order valence-corrected chi connectivity index (χ2v) is 6.80. The number of halogens is 1. The van der Waals surface area contributed by atoms with Crippen LogP contribution >= 0.6 is 0 Å². The Bertz CT molecular complexity index is 729. The zero-order chi connectivity index (χ0) is 18.7. The lowest BCUT2D eigenvalue weighted by Gasteiger charge is -2.29. The van der Waals surface area contributed by atoms with Crippen LogP contribution in [0.15, 0.2) is 18.2 Å². The van der Waals surface area contributed by atoms with Crippen LogP contribution in [0.3, 0.4) is 0 Å². The molecule has 26 heavy (non-hydrogen) atoms. The van der Waals surface area contributed by atoms with Gasteiger partial charge in [-0.25, -0.2) is 14.0 Å². The van der Waals surface area contributed by atoms with E-state index in [0.717, 1.165) is 18.9 Å². The molecule has 3 N–H and O–H groups in total. The van der Waals surface area contributed by atoms with E-state index in [0.29, 0.717) is 44.5 Å². The first-order valence-electron chi connectivity index (χ1n) is 8.84. The van der Waals surface area contributed by atoms with Crippen molar-refractivity contribution in [2.75, 3.05) is 18.0 Å². The van der Waals surface area contributed by atoms with E-state index < -0.39 is 23.2 Å². The largest absolute Gasteiger partial charge is 0.480 e. The van der Waals surface area contributed by atoms with Crippen molar-refractivity contribution < 1.29 is 23.9 Å². The number of carbonyl (C=O) groups excluding carboxylic acids is 2. The van der Waals surface area contributed by atoms with E-state index in [1.165, 1.54) is 17.0 Å². The smallest absolute Gasteiger partial charge is 0.329 e. The summed E-state index contributed by atoms with van der Waals surface area (Å²) >= 11 is 0. The minimum atomic E-state index is -1.37. The Kier molecular flexibility index (Phi) is 5.11. The van der Waals surface area contributed by atoms with Crippen molar-refractivity contribution in [2.24, 2.45) is 0 Å². The van der Waals surface area contributed by atoms with Gasteiger partial charge >= 0.3 is 12.0 Å².